The predicted octanol–water partition coefficient (Wildman–Crippen LogP) is 4.67. The molecule has 1 saturated carbocycles. The van der Waals surface area contributed by atoms with Gasteiger partial charge in [0.15, 0.2) is 0 Å². The summed E-state index contributed by atoms with van der Waals surface area (Å²) in [4.78, 5) is 14.6. The zero-order valence-corrected chi connectivity index (χ0v) is 13.1. The summed E-state index contributed by atoms with van der Waals surface area (Å²) in [5.74, 6) is 0.0289. The molecular formula is C15H17BrClNO. The van der Waals surface area contributed by atoms with Crippen LogP contribution in [0.1, 0.15) is 36.0 Å². The topological polar surface area (TPSA) is 20.3 Å². The van der Waals surface area contributed by atoms with E-state index in [0.717, 1.165) is 17.3 Å². The van der Waals surface area contributed by atoms with Gasteiger partial charge in [-0.15, -0.1) is 6.58 Å². The van der Waals surface area contributed by atoms with Gasteiger partial charge >= 0.3 is 0 Å². The number of nitrogens with zero attached hydrogens (tertiary/aromatic N) is 1. The molecular weight excluding hydrogens is 326 g/mol. The molecule has 0 bridgehead atoms. The van der Waals surface area contributed by atoms with E-state index in [1.165, 1.54) is 12.8 Å². The fourth-order valence-corrected chi connectivity index (χ4v) is 3.16. The monoisotopic (exact) mass is 341 g/mol. The van der Waals surface area contributed by atoms with Gasteiger partial charge in [-0.1, -0.05) is 30.5 Å². The third-order valence-electron chi connectivity index (χ3n) is 3.51. The molecule has 2 rings (SSSR count). The van der Waals surface area contributed by atoms with Crippen molar-refractivity contribution in [3.63, 3.8) is 0 Å². The van der Waals surface area contributed by atoms with Gasteiger partial charge in [-0.2, -0.15) is 0 Å². The summed E-state index contributed by atoms with van der Waals surface area (Å²) < 4.78 is 0.786. The van der Waals surface area contributed by atoms with Gasteiger partial charge in [0.25, 0.3) is 5.91 Å². The predicted molar refractivity (Wildman–Crippen MR) is 82.6 cm³/mol. The van der Waals surface area contributed by atoms with Crippen molar-refractivity contribution in [3.05, 3.63) is 45.9 Å². The number of halogens is 2. The van der Waals surface area contributed by atoms with Crippen LogP contribution in [0, 0.1) is 0 Å². The molecule has 0 radical (unpaired) electrons. The van der Waals surface area contributed by atoms with Crippen LogP contribution in [0.5, 0.6) is 0 Å². The molecule has 0 N–H and O–H groups in total. The number of carbonyl (C=O) groups is 1. The fraction of sp³-hybridized carbons (Fsp3) is 0.400. The largest absolute Gasteiger partial charge is 0.332 e. The van der Waals surface area contributed by atoms with Crippen LogP contribution >= 0.6 is 27.5 Å². The highest BCUT2D eigenvalue weighted by Crippen LogP contribution is 2.28. The Bertz CT molecular complexity index is 483. The normalized spacial score (nSPS) is 15.5. The second-order valence-electron chi connectivity index (χ2n) is 4.81. The molecule has 4 heteroatoms. The van der Waals surface area contributed by atoms with Gasteiger partial charge < -0.3 is 4.90 Å². The lowest BCUT2D eigenvalue weighted by molar-refractivity contribution is 0.0705. The van der Waals surface area contributed by atoms with Crippen LogP contribution in [-0.2, 0) is 0 Å². The van der Waals surface area contributed by atoms with Crippen molar-refractivity contribution < 1.29 is 4.79 Å². The Labute approximate surface area is 127 Å². The molecule has 0 aromatic heterocycles. The van der Waals surface area contributed by atoms with E-state index in [4.69, 9.17) is 11.6 Å². The third kappa shape index (κ3) is 3.40. The molecule has 0 unspecified atom stereocenters. The van der Waals surface area contributed by atoms with E-state index in [1.807, 2.05) is 11.0 Å². The van der Waals surface area contributed by atoms with Gasteiger partial charge in [-0.05, 0) is 47.0 Å². The fourth-order valence-electron chi connectivity index (χ4n) is 2.57. The van der Waals surface area contributed by atoms with Gasteiger partial charge in [-0.25, -0.2) is 0 Å². The molecule has 1 amide bonds. The highest BCUT2D eigenvalue weighted by Gasteiger charge is 2.27. The highest BCUT2D eigenvalue weighted by atomic mass is 79.9. The summed E-state index contributed by atoms with van der Waals surface area (Å²) >= 11 is 9.42. The van der Waals surface area contributed by atoms with Crippen molar-refractivity contribution >= 4 is 33.4 Å². The Morgan fingerprint density at radius 2 is 2.16 bits per heavy atom. The first-order valence-corrected chi connectivity index (χ1v) is 7.67. The van der Waals surface area contributed by atoms with Crippen molar-refractivity contribution in [2.45, 2.75) is 31.7 Å². The van der Waals surface area contributed by atoms with Crippen LogP contribution < -0.4 is 0 Å². The Morgan fingerprint density at radius 1 is 1.47 bits per heavy atom. The summed E-state index contributed by atoms with van der Waals surface area (Å²) in [6, 6.07) is 5.64. The van der Waals surface area contributed by atoms with E-state index in [9.17, 15) is 4.79 Å². The summed E-state index contributed by atoms with van der Waals surface area (Å²) in [5, 5.41) is 0.580. The van der Waals surface area contributed by atoms with Crippen LogP contribution in [0.3, 0.4) is 0 Å². The van der Waals surface area contributed by atoms with E-state index < -0.39 is 0 Å². The first-order chi connectivity index (χ1) is 9.13. The summed E-state index contributed by atoms with van der Waals surface area (Å²) in [7, 11) is 0. The van der Waals surface area contributed by atoms with Crippen molar-refractivity contribution in [2.24, 2.45) is 0 Å². The maximum atomic E-state index is 12.7. The Balaban J connectivity index is 2.27. The molecule has 102 valence electrons. The number of benzene rings is 1. The number of rotatable bonds is 4. The summed E-state index contributed by atoms with van der Waals surface area (Å²) in [6.07, 6.45) is 6.34. The quantitative estimate of drug-likeness (QED) is 0.728. The zero-order valence-electron chi connectivity index (χ0n) is 10.7. The lowest BCUT2D eigenvalue weighted by Crippen LogP contribution is -2.39. The lowest BCUT2D eigenvalue weighted by Gasteiger charge is -2.28. The molecule has 19 heavy (non-hydrogen) atoms. The maximum Gasteiger partial charge on any atom is 0.255 e. The lowest BCUT2D eigenvalue weighted by atomic mass is 10.1. The second kappa shape index (κ2) is 6.58. The van der Waals surface area contributed by atoms with Crippen molar-refractivity contribution in [1.82, 2.24) is 4.90 Å². The van der Waals surface area contributed by atoms with Crippen LogP contribution in [0.25, 0.3) is 0 Å². The highest BCUT2D eigenvalue weighted by molar-refractivity contribution is 9.10. The first-order valence-electron chi connectivity index (χ1n) is 6.50. The molecule has 2 nitrogen and oxygen atoms in total. The van der Waals surface area contributed by atoms with E-state index in [1.54, 1.807) is 18.2 Å². The third-order valence-corrected chi connectivity index (χ3v) is 4.44. The zero-order chi connectivity index (χ0) is 13.8. The molecule has 1 aromatic rings. The number of hydrogen-bond acceptors (Lipinski definition) is 1. The minimum absolute atomic E-state index is 0.0289. The molecule has 1 aliphatic carbocycles. The maximum absolute atomic E-state index is 12.7. The molecule has 0 saturated heterocycles. The van der Waals surface area contributed by atoms with E-state index in [-0.39, 0.29) is 5.91 Å². The molecule has 1 fully saturated rings. The van der Waals surface area contributed by atoms with Gasteiger partial charge in [0.2, 0.25) is 0 Å². The summed E-state index contributed by atoms with van der Waals surface area (Å²) in [5.41, 5.74) is 0.626. The molecule has 1 aromatic carbocycles. The standard InChI is InChI=1S/C15H17BrClNO/c1-2-9-18(12-5-3-4-6-12)15(19)13-10-11(17)7-8-14(13)16/h2,7-8,10,12H,1,3-6,9H2. The van der Waals surface area contributed by atoms with Crippen molar-refractivity contribution in [3.8, 4) is 0 Å². The van der Waals surface area contributed by atoms with Crippen LogP contribution in [0.2, 0.25) is 5.02 Å². The second-order valence-corrected chi connectivity index (χ2v) is 6.10. The molecule has 0 aliphatic heterocycles. The number of carbonyl (C=O) groups excluding carboxylic acids is 1. The van der Waals surface area contributed by atoms with Gasteiger partial charge in [0.05, 0.1) is 5.56 Å². The number of amides is 1. The molecule has 0 spiro atoms. The van der Waals surface area contributed by atoms with Crippen molar-refractivity contribution in [2.75, 3.05) is 6.54 Å². The average Bonchev–Trinajstić information content (AvgIpc) is 2.92. The SMILES string of the molecule is C=CCN(C(=O)c1cc(Cl)ccc1Br)C1CCCC1. The summed E-state index contributed by atoms with van der Waals surface area (Å²) in [6.45, 7) is 4.34. The van der Waals surface area contributed by atoms with Crippen molar-refractivity contribution in [1.29, 1.82) is 0 Å². The first kappa shape index (κ1) is 14.6. The smallest absolute Gasteiger partial charge is 0.255 e. The van der Waals surface area contributed by atoms with Gasteiger partial charge in [0, 0.05) is 22.1 Å². The molecule has 0 heterocycles. The Morgan fingerprint density at radius 3 is 2.79 bits per heavy atom. The minimum atomic E-state index is 0.0289. The molecule has 1 aliphatic rings. The van der Waals surface area contributed by atoms with E-state index in [2.05, 4.69) is 22.5 Å². The number of hydrogen-bond donors (Lipinski definition) is 0. The average molecular weight is 343 g/mol. The van der Waals surface area contributed by atoms with Gasteiger partial charge in [-0.3, -0.25) is 4.79 Å². The van der Waals surface area contributed by atoms with Crippen LogP contribution in [-0.4, -0.2) is 23.4 Å². The van der Waals surface area contributed by atoms with Gasteiger partial charge in [0.1, 0.15) is 0 Å². The van der Waals surface area contributed by atoms with Crippen LogP contribution in [0.15, 0.2) is 35.3 Å². The van der Waals surface area contributed by atoms with E-state index >= 15 is 0 Å². The Kier molecular flexibility index (Phi) is 5.06. The minimum Gasteiger partial charge on any atom is -0.332 e. The van der Waals surface area contributed by atoms with Crippen LogP contribution in [0.4, 0.5) is 0 Å². The van der Waals surface area contributed by atoms with E-state index in [0.29, 0.717) is 23.2 Å². The molecule has 0 atom stereocenters. The Hall–Kier alpha value is -0.800.